The number of rotatable bonds is 3. The van der Waals surface area contributed by atoms with Gasteiger partial charge in [-0.2, -0.15) is 0 Å². The molecule has 124 valence electrons. The van der Waals surface area contributed by atoms with Crippen LogP contribution in [-0.4, -0.2) is 47.1 Å². The van der Waals surface area contributed by atoms with Crippen molar-refractivity contribution in [2.24, 2.45) is 10.4 Å². The minimum atomic E-state index is 0. The zero-order chi connectivity index (χ0) is 14.5. The number of likely N-dealkylation sites (tertiary alicyclic amines) is 1. The van der Waals surface area contributed by atoms with Gasteiger partial charge in [0.1, 0.15) is 0 Å². The van der Waals surface area contributed by atoms with E-state index in [4.69, 9.17) is 0 Å². The van der Waals surface area contributed by atoms with Gasteiger partial charge in [-0.05, 0) is 24.7 Å². The largest absolute Gasteiger partial charge is 0.354 e. The normalized spacial score (nSPS) is 21.0. The zero-order valence-electron chi connectivity index (χ0n) is 13.5. The number of aliphatic imine (C=N–C) groups is 1. The molecule has 0 unspecified atom stereocenters. The number of hydrogen-bond donors (Lipinski definition) is 1. The van der Waals surface area contributed by atoms with E-state index < -0.39 is 0 Å². The first kappa shape index (κ1) is 17.6. The summed E-state index contributed by atoms with van der Waals surface area (Å²) in [5, 5.41) is 3.50. The van der Waals surface area contributed by atoms with Crippen LogP contribution in [0.25, 0.3) is 0 Å². The summed E-state index contributed by atoms with van der Waals surface area (Å²) in [4.78, 5) is 11.0. The molecule has 0 radical (unpaired) electrons. The second-order valence-corrected chi connectivity index (χ2v) is 6.51. The monoisotopic (exact) mass is 417 g/mol. The van der Waals surface area contributed by atoms with Gasteiger partial charge in [0.2, 0.25) is 0 Å². The number of guanidine groups is 1. The summed E-state index contributed by atoms with van der Waals surface area (Å²) in [7, 11) is 1.89. The number of halogens is 1. The molecule has 3 rings (SSSR count). The molecule has 5 nitrogen and oxygen atoms in total. The second-order valence-electron chi connectivity index (χ2n) is 6.51. The Morgan fingerprint density at radius 3 is 2.77 bits per heavy atom. The van der Waals surface area contributed by atoms with Gasteiger partial charge < -0.3 is 14.8 Å². The molecule has 1 saturated carbocycles. The molecule has 6 heteroatoms. The van der Waals surface area contributed by atoms with Crippen molar-refractivity contribution in [2.45, 2.75) is 45.1 Å². The first-order valence-electron chi connectivity index (χ1n) is 8.23. The van der Waals surface area contributed by atoms with Crippen LogP contribution < -0.4 is 5.32 Å². The molecule has 0 amide bonds. The van der Waals surface area contributed by atoms with Crippen molar-refractivity contribution in [1.82, 2.24) is 19.8 Å². The molecule has 1 aromatic heterocycles. The molecule has 1 N–H and O–H groups in total. The maximum Gasteiger partial charge on any atom is 0.193 e. The van der Waals surface area contributed by atoms with Crippen LogP contribution in [0.4, 0.5) is 0 Å². The smallest absolute Gasteiger partial charge is 0.193 e. The number of imidazole rings is 1. The van der Waals surface area contributed by atoms with Crippen molar-refractivity contribution < 1.29 is 0 Å². The first-order chi connectivity index (χ1) is 10.3. The van der Waals surface area contributed by atoms with Gasteiger partial charge in [-0.3, -0.25) is 4.99 Å². The lowest BCUT2D eigenvalue weighted by Crippen LogP contribution is -2.42. The van der Waals surface area contributed by atoms with Gasteiger partial charge >= 0.3 is 0 Å². The topological polar surface area (TPSA) is 45.5 Å². The third-order valence-electron chi connectivity index (χ3n) is 5.08. The predicted octanol–water partition coefficient (Wildman–Crippen LogP) is 2.73. The van der Waals surface area contributed by atoms with Crippen LogP contribution >= 0.6 is 24.0 Å². The van der Waals surface area contributed by atoms with Crippen molar-refractivity contribution in [3.05, 3.63) is 18.7 Å². The molecule has 0 bridgehead atoms. The van der Waals surface area contributed by atoms with Crippen molar-refractivity contribution in [3.8, 4) is 0 Å². The average molecular weight is 417 g/mol. The quantitative estimate of drug-likeness (QED) is 0.468. The zero-order valence-corrected chi connectivity index (χ0v) is 15.8. The molecule has 1 saturated heterocycles. The van der Waals surface area contributed by atoms with Gasteiger partial charge in [0, 0.05) is 45.6 Å². The highest BCUT2D eigenvalue weighted by Gasteiger charge is 2.39. The highest BCUT2D eigenvalue weighted by Crippen LogP contribution is 2.43. The minimum absolute atomic E-state index is 0. The van der Waals surface area contributed by atoms with Crippen LogP contribution in [0.5, 0.6) is 0 Å². The van der Waals surface area contributed by atoms with Gasteiger partial charge in [0.15, 0.2) is 5.96 Å². The summed E-state index contributed by atoms with van der Waals surface area (Å²) < 4.78 is 2.09. The molecule has 22 heavy (non-hydrogen) atoms. The van der Waals surface area contributed by atoms with Crippen LogP contribution in [0, 0.1) is 5.41 Å². The van der Waals surface area contributed by atoms with E-state index in [-0.39, 0.29) is 24.0 Å². The fraction of sp³-hybridized carbons (Fsp3) is 0.750. The number of nitrogens with one attached hydrogen (secondary N) is 1. The van der Waals surface area contributed by atoms with Crippen LogP contribution in [0.1, 0.15) is 38.5 Å². The highest BCUT2D eigenvalue weighted by atomic mass is 127. The van der Waals surface area contributed by atoms with Crippen LogP contribution in [-0.2, 0) is 6.54 Å². The summed E-state index contributed by atoms with van der Waals surface area (Å²) in [6.45, 7) is 4.17. The maximum atomic E-state index is 4.47. The van der Waals surface area contributed by atoms with Gasteiger partial charge in [-0.1, -0.05) is 19.3 Å². The van der Waals surface area contributed by atoms with Gasteiger partial charge in [0.25, 0.3) is 0 Å². The predicted molar refractivity (Wildman–Crippen MR) is 101 cm³/mol. The van der Waals surface area contributed by atoms with E-state index in [2.05, 4.69) is 24.8 Å². The number of hydrogen-bond acceptors (Lipinski definition) is 2. The Morgan fingerprint density at radius 1 is 1.27 bits per heavy atom. The fourth-order valence-corrected chi connectivity index (χ4v) is 3.87. The third kappa shape index (κ3) is 4.14. The lowest BCUT2D eigenvalue weighted by atomic mass is 9.73. The summed E-state index contributed by atoms with van der Waals surface area (Å²) in [5.74, 6) is 1.07. The van der Waals surface area contributed by atoms with E-state index in [9.17, 15) is 0 Å². The van der Waals surface area contributed by atoms with Crippen LogP contribution in [0.3, 0.4) is 0 Å². The Hall–Kier alpha value is -0.790. The Balaban J connectivity index is 0.00000176. The molecular formula is C16H28IN5. The van der Waals surface area contributed by atoms with E-state index in [0.717, 1.165) is 25.6 Å². The standard InChI is InChI=1S/C16H27N5.HI/c1-17-15(19-9-12-20-11-8-18-14-20)21-10-7-16(13-21)5-3-2-4-6-16;/h8,11,14H,2-7,9-10,12-13H2,1H3,(H,17,19);1H. The fourth-order valence-electron chi connectivity index (χ4n) is 3.87. The summed E-state index contributed by atoms with van der Waals surface area (Å²) in [6, 6.07) is 0. The van der Waals surface area contributed by atoms with E-state index >= 15 is 0 Å². The van der Waals surface area contributed by atoms with Crippen molar-refractivity contribution >= 4 is 29.9 Å². The molecule has 0 atom stereocenters. The SMILES string of the molecule is CN=C(NCCn1ccnc1)N1CCC2(CCCCC2)C1.I. The molecule has 2 aliphatic rings. The Morgan fingerprint density at radius 2 is 2.09 bits per heavy atom. The van der Waals surface area contributed by atoms with E-state index in [1.54, 1.807) is 0 Å². The highest BCUT2D eigenvalue weighted by molar-refractivity contribution is 14.0. The van der Waals surface area contributed by atoms with Gasteiger partial charge in [0.05, 0.1) is 6.33 Å². The maximum absolute atomic E-state index is 4.47. The van der Waals surface area contributed by atoms with Crippen LogP contribution in [0.2, 0.25) is 0 Å². The number of nitrogens with zero attached hydrogens (tertiary/aromatic N) is 4. The Bertz CT molecular complexity index is 465. The molecular weight excluding hydrogens is 389 g/mol. The Kier molecular flexibility index (Phi) is 6.52. The van der Waals surface area contributed by atoms with Gasteiger partial charge in [-0.25, -0.2) is 4.98 Å². The molecule has 2 fully saturated rings. The first-order valence-corrected chi connectivity index (χ1v) is 8.23. The van der Waals surface area contributed by atoms with E-state index in [1.807, 2.05) is 25.8 Å². The molecule has 2 heterocycles. The summed E-state index contributed by atoms with van der Waals surface area (Å²) in [6.07, 6.45) is 14.1. The minimum Gasteiger partial charge on any atom is -0.354 e. The molecule has 1 aliphatic heterocycles. The summed E-state index contributed by atoms with van der Waals surface area (Å²) in [5.41, 5.74) is 0.584. The average Bonchev–Trinajstić information content (AvgIpc) is 3.15. The second kappa shape index (κ2) is 8.17. The van der Waals surface area contributed by atoms with Crippen molar-refractivity contribution in [2.75, 3.05) is 26.7 Å². The molecule has 0 aromatic carbocycles. The van der Waals surface area contributed by atoms with E-state index in [1.165, 1.54) is 45.1 Å². The van der Waals surface area contributed by atoms with Gasteiger partial charge in [-0.15, -0.1) is 24.0 Å². The lowest BCUT2D eigenvalue weighted by molar-refractivity contribution is 0.203. The summed E-state index contributed by atoms with van der Waals surface area (Å²) >= 11 is 0. The van der Waals surface area contributed by atoms with Crippen molar-refractivity contribution in [3.63, 3.8) is 0 Å². The lowest BCUT2D eigenvalue weighted by Gasteiger charge is -2.33. The van der Waals surface area contributed by atoms with Crippen LogP contribution in [0.15, 0.2) is 23.7 Å². The molecule has 1 aliphatic carbocycles. The Labute approximate surface area is 150 Å². The van der Waals surface area contributed by atoms with Crippen molar-refractivity contribution in [1.29, 1.82) is 0 Å². The number of aromatic nitrogens is 2. The molecule has 1 aromatic rings. The molecule has 1 spiro atoms. The third-order valence-corrected chi connectivity index (χ3v) is 5.08. The van der Waals surface area contributed by atoms with E-state index in [0.29, 0.717) is 5.41 Å².